The first-order chi connectivity index (χ1) is 8.82. The second kappa shape index (κ2) is 6.42. The highest BCUT2D eigenvalue weighted by molar-refractivity contribution is 7.85. The van der Waals surface area contributed by atoms with Crippen LogP contribution in [0.2, 0.25) is 0 Å². The summed E-state index contributed by atoms with van der Waals surface area (Å²) in [7, 11) is -1.56. The second-order valence-corrected chi connectivity index (χ2v) is 6.01. The van der Waals surface area contributed by atoms with E-state index >= 15 is 0 Å². The Balaban J connectivity index is 2.81. The van der Waals surface area contributed by atoms with Gasteiger partial charge in [0.05, 0.1) is 4.92 Å². The molecule has 0 aromatic heterocycles. The summed E-state index contributed by atoms with van der Waals surface area (Å²) in [6, 6.07) is 5.62. The summed E-state index contributed by atoms with van der Waals surface area (Å²) in [5.41, 5.74) is 0.573. The molecule has 0 amide bonds. The van der Waals surface area contributed by atoms with Crippen molar-refractivity contribution < 1.29 is 19.0 Å². The van der Waals surface area contributed by atoms with Crippen LogP contribution in [0.3, 0.4) is 0 Å². The van der Waals surface area contributed by atoms with Crippen LogP contribution in [-0.4, -0.2) is 25.5 Å². The molecule has 0 aliphatic rings. The van der Waals surface area contributed by atoms with Crippen LogP contribution >= 0.6 is 0 Å². The summed E-state index contributed by atoms with van der Waals surface area (Å²) in [6.07, 6.45) is 0. The molecule has 0 saturated carbocycles. The van der Waals surface area contributed by atoms with Gasteiger partial charge in [0.1, 0.15) is 5.25 Å². The fourth-order valence-electron chi connectivity index (χ4n) is 1.67. The molecule has 0 aliphatic heterocycles. The average molecular weight is 285 g/mol. The van der Waals surface area contributed by atoms with Gasteiger partial charge in [0, 0.05) is 28.7 Å². The monoisotopic (exact) mass is 285 g/mol. The molecule has 1 rings (SSSR count). The van der Waals surface area contributed by atoms with Gasteiger partial charge in [0.25, 0.3) is 5.69 Å². The number of nitro benzene ring substituents is 1. The molecule has 0 spiro atoms. The van der Waals surface area contributed by atoms with E-state index in [2.05, 4.69) is 0 Å². The van der Waals surface area contributed by atoms with Crippen LogP contribution in [0.25, 0.3) is 0 Å². The van der Waals surface area contributed by atoms with Crippen LogP contribution in [0.5, 0.6) is 0 Å². The summed E-state index contributed by atoms with van der Waals surface area (Å²) in [5, 5.41) is 18.6. The van der Waals surface area contributed by atoms with Gasteiger partial charge in [-0.15, -0.1) is 0 Å². The SMILES string of the molecule is CC(C)C(C(=O)O)S(=O)Cc1ccc([N+](=O)[O-])cc1. The Labute approximate surface area is 113 Å². The normalized spacial score (nSPS) is 14.1. The molecule has 2 unspecified atom stereocenters. The molecule has 1 aromatic carbocycles. The lowest BCUT2D eigenvalue weighted by Crippen LogP contribution is -2.31. The summed E-state index contributed by atoms with van der Waals surface area (Å²) in [5.74, 6) is -1.25. The lowest BCUT2D eigenvalue weighted by atomic mass is 10.1. The van der Waals surface area contributed by atoms with E-state index in [1.807, 2.05) is 0 Å². The molecule has 0 bridgehead atoms. The maximum absolute atomic E-state index is 12.0. The number of hydrogen-bond donors (Lipinski definition) is 1. The number of nitrogens with zero attached hydrogens (tertiary/aromatic N) is 1. The van der Waals surface area contributed by atoms with Crippen molar-refractivity contribution in [2.45, 2.75) is 24.9 Å². The third-order valence-corrected chi connectivity index (χ3v) is 4.52. The smallest absolute Gasteiger partial charge is 0.319 e. The first-order valence-corrected chi connectivity index (χ1v) is 7.04. The van der Waals surface area contributed by atoms with Crippen LogP contribution in [0.15, 0.2) is 24.3 Å². The molecule has 1 aromatic rings. The van der Waals surface area contributed by atoms with Crippen molar-refractivity contribution in [3.05, 3.63) is 39.9 Å². The number of nitro groups is 1. The average Bonchev–Trinajstić information content (AvgIpc) is 2.28. The number of rotatable bonds is 6. The standard InChI is InChI=1S/C12H15NO5S/c1-8(2)11(12(14)15)19(18)7-9-3-5-10(6-4-9)13(16)17/h3-6,8,11H,7H2,1-2H3,(H,14,15). The summed E-state index contributed by atoms with van der Waals surface area (Å²) in [6.45, 7) is 3.40. The summed E-state index contributed by atoms with van der Waals surface area (Å²) < 4.78 is 12.0. The number of carbonyl (C=O) groups is 1. The Morgan fingerprint density at radius 1 is 1.37 bits per heavy atom. The molecule has 1 N–H and O–H groups in total. The zero-order valence-electron chi connectivity index (χ0n) is 10.6. The molecule has 2 atom stereocenters. The molecule has 104 valence electrons. The molecule has 7 heteroatoms. The van der Waals surface area contributed by atoms with Gasteiger partial charge < -0.3 is 5.11 Å². The van der Waals surface area contributed by atoms with Crippen LogP contribution < -0.4 is 0 Å². The van der Waals surface area contributed by atoms with E-state index in [1.165, 1.54) is 24.3 Å². The van der Waals surface area contributed by atoms with Crippen molar-refractivity contribution in [1.29, 1.82) is 0 Å². The van der Waals surface area contributed by atoms with Crippen LogP contribution in [-0.2, 0) is 21.3 Å². The van der Waals surface area contributed by atoms with Gasteiger partial charge in [-0.2, -0.15) is 0 Å². The van der Waals surface area contributed by atoms with Gasteiger partial charge >= 0.3 is 5.97 Å². The summed E-state index contributed by atoms with van der Waals surface area (Å²) in [4.78, 5) is 21.0. The van der Waals surface area contributed by atoms with E-state index in [0.29, 0.717) is 5.56 Å². The Morgan fingerprint density at radius 3 is 2.26 bits per heavy atom. The van der Waals surface area contributed by atoms with Gasteiger partial charge in [0.15, 0.2) is 0 Å². The fourth-order valence-corrected chi connectivity index (χ4v) is 3.20. The van der Waals surface area contributed by atoms with Crippen molar-refractivity contribution >= 4 is 22.5 Å². The number of carboxylic acids is 1. The Morgan fingerprint density at radius 2 is 1.89 bits per heavy atom. The van der Waals surface area contributed by atoms with Crippen molar-refractivity contribution in [3.63, 3.8) is 0 Å². The van der Waals surface area contributed by atoms with Gasteiger partial charge in [-0.3, -0.25) is 19.1 Å². The molecule has 0 fully saturated rings. The van der Waals surface area contributed by atoms with E-state index < -0.39 is 26.9 Å². The largest absolute Gasteiger partial charge is 0.480 e. The van der Waals surface area contributed by atoms with Gasteiger partial charge in [-0.25, -0.2) is 0 Å². The predicted molar refractivity (Wildman–Crippen MR) is 71.2 cm³/mol. The second-order valence-electron chi connectivity index (χ2n) is 4.45. The highest BCUT2D eigenvalue weighted by atomic mass is 32.2. The zero-order chi connectivity index (χ0) is 14.6. The minimum atomic E-state index is -1.56. The first kappa shape index (κ1) is 15.3. The van der Waals surface area contributed by atoms with Crippen LogP contribution in [0.4, 0.5) is 5.69 Å². The molecule has 0 radical (unpaired) electrons. The van der Waals surface area contributed by atoms with Crippen molar-refractivity contribution in [3.8, 4) is 0 Å². The molecule has 0 heterocycles. The van der Waals surface area contributed by atoms with Gasteiger partial charge in [-0.05, 0) is 11.5 Å². The van der Waals surface area contributed by atoms with Crippen LogP contribution in [0.1, 0.15) is 19.4 Å². The van der Waals surface area contributed by atoms with Crippen molar-refractivity contribution in [1.82, 2.24) is 0 Å². The van der Waals surface area contributed by atoms with E-state index in [-0.39, 0.29) is 17.4 Å². The Kier molecular flexibility index (Phi) is 5.17. The number of carboxylic acid groups (broad SMARTS) is 1. The maximum Gasteiger partial charge on any atom is 0.319 e. The third-order valence-electron chi connectivity index (χ3n) is 2.59. The number of non-ortho nitro benzene ring substituents is 1. The highest BCUT2D eigenvalue weighted by Gasteiger charge is 2.28. The minimum Gasteiger partial charge on any atom is -0.480 e. The van der Waals surface area contributed by atoms with Crippen molar-refractivity contribution in [2.75, 3.05) is 0 Å². The lowest BCUT2D eigenvalue weighted by Gasteiger charge is -2.15. The lowest BCUT2D eigenvalue weighted by molar-refractivity contribution is -0.384. The van der Waals surface area contributed by atoms with E-state index in [0.717, 1.165) is 0 Å². The molecule has 19 heavy (non-hydrogen) atoms. The number of hydrogen-bond acceptors (Lipinski definition) is 4. The number of benzene rings is 1. The first-order valence-electron chi connectivity index (χ1n) is 5.66. The predicted octanol–water partition coefficient (Wildman–Crippen LogP) is 1.95. The topological polar surface area (TPSA) is 97.5 Å². The van der Waals surface area contributed by atoms with E-state index in [1.54, 1.807) is 13.8 Å². The molecule has 0 aliphatic carbocycles. The zero-order valence-corrected chi connectivity index (χ0v) is 11.4. The van der Waals surface area contributed by atoms with E-state index in [4.69, 9.17) is 5.11 Å². The van der Waals surface area contributed by atoms with Gasteiger partial charge in [0.2, 0.25) is 0 Å². The van der Waals surface area contributed by atoms with Crippen molar-refractivity contribution in [2.24, 2.45) is 5.92 Å². The summed E-state index contributed by atoms with van der Waals surface area (Å²) >= 11 is 0. The molecular formula is C12H15NO5S. The number of aliphatic carboxylic acids is 1. The molecular weight excluding hydrogens is 270 g/mol. The minimum absolute atomic E-state index is 0.0480. The quantitative estimate of drug-likeness (QED) is 0.636. The van der Waals surface area contributed by atoms with Gasteiger partial charge in [-0.1, -0.05) is 26.0 Å². The fraction of sp³-hybridized carbons (Fsp3) is 0.417. The Bertz CT molecular complexity index is 497. The van der Waals surface area contributed by atoms with Crippen LogP contribution in [0, 0.1) is 16.0 Å². The molecule has 6 nitrogen and oxygen atoms in total. The maximum atomic E-state index is 12.0. The molecule has 0 saturated heterocycles. The Hall–Kier alpha value is -1.76. The highest BCUT2D eigenvalue weighted by Crippen LogP contribution is 2.17. The van der Waals surface area contributed by atoms with E-state index in [9.17, 15) is 19.1 Å². The third kappa shape index (κ3) is 4.13.